The van der Waals surface area contributed by atoms with Crippen LogP contribution in [0.15, 0.2) is 17.2 Å². The standard InChI is InChI=1S/C8H10N2O3/c11-8-4-9-6(3-10-8)7-5-12-1-2-13-7/h3-4,7H,1-2,5H2,(H,10,11). The summed E-state index contributed by atoms with van der Waals surface area (Å²) < 4.78 is 10.6. The molecule has 1 aliphatic heterocycles. The Bertz CT molecular complexity index is 310. The van der Waals surface area contributed by atoms with E-state index in [1.165, 1.54) is 6.20 Å². The fraction of sp³-hybridized carbons (Fsp3) is 0.500. The van der Waals surface area contributed by atoms with Crippen molar-refractivity contribution in [3.8, 4) is 0 Å². The Morgan fingerprint density at radius 1 is 1.54 bits per heavy atom. The van der Waals surface area contributed by atoms with Crippen LogP contribution in [0.4, 0.5) is 0 Å². The molecule has 0 bridgehead atoms. The molecule has 1 aromatic rings. The maximum absolute atomic E-state index is 10.7. The van der Waals surface area contributed by atoms with Crippen molar-refractivity contribution >= 4 is 0 Å². The van der Waals surface area contributed by atoms with Gasteiger partial charge in [0, 0.05) is 6.20 Å². The molecular formula is C8H10N2O3. The summed E-state index contributed by atoms with van der Waals surface area (Å²) in [5, 5.41) is 0. The Balaban J connectivity index is 2.14. The average molecular weight is 182 g/mol. The zero-order valence-electron chi connectivity index (χ0n) is 7.03. The van der Waals surface area contributed by atoms with E-state index in [1.54, 1.807) is 6.20 Å². The van der Waals surface area contributed by atoms with Gasteiger partial charge in [0.1, 0.15) is 6.10 Å². The van der Waals surface area contributed by atoms with E-state index in [1.807, 2.05) is 0 Å². The van der Waals surface area contributed by atoms with Gasteiger partial charge in [-0.05, 0) is 0 Å². The van der Waals surface area contributed by atoms with E-state index in [0.717, 1.165) is 0 Å². The first-order valence-electron chi connectivity index (χ1n) is 4.10. The van der Waals surface area contributed by atoms with Gasteiger partial charge in [0.05, 0.1) is 31.7 Å². The van der Waals surface area contributed by atoms with Crippen molar-refractivity contribution < 1.29 is 9.47 Å². The number of ether oxygens (including phenoxy) is 2. The summed E-state index contributed by atoms with van der Waals surface area (Å²) in [7, 11) is 0. The van der Waals surface area contributed by atoms with Gasteiger partial charge in [-0.2, -0.15) is 0 Å². The molecule has 2 rings (SSSR count). The van der Waals surface area contributed by atoms with Crippen molar-refractivity contribution in [3.63, 3.8) is 0 Å². The summed E-state index contributed by atoms with van der Waals surface area (Å²) in [6.45, 7) is 1.70. The van der Waals surface area contributed by atoms with Gasteiger partial charge >= 0.3 is 0 Å². The molecule has 1 unspecified atom stereocenters. The zero-order valence-corrected chi connectivity index (χ0v) is 7.03. The monoisotopic (exact) mass is 182 g/mol. The number of hydrogen-bond acceptors (Lipinski definition) is 4. The predicted molar refractivity (Wildman–Crippen MR) is 44.4 cm³/mol. The number of rotatable bonds is 1. The Morgan fingerprint density at radius 3 is 3.08 bits per heavy atom. The van der Waals surface area contributed by atoms with Gasteiger partial charge < -0.3 is 14.5 Å². The molecule has 0 saturated carbocycles. The van der Waals surface area contributed by atoms with Gasteiger partial charge in [-0.3, -0.25) is 9.78 Å². The van der Waals surface area contributed by atoms with Gasteiger partial charge in [-0.1, -0.05) is 0 Å². The smallest absolute Gasteiger partial charge is 0.266 e. The van der Waals surface area contributed by atoms with Gasteiger partial charge in [0.15, 0.2) is 0 Å². The molecule has 1 aromatic heterocycles. The second kappa shape index (κ2) is 3.68. The molecule has 13 heavy (non-hydrogen) atoms. The van der Waals surface area contributed by atoms with Crippen molar-refractivity contribution in [2.45, 2.75) is 6.10 Å². The summed E-state index contributed by atoms with van der Waals surface area (Å²) in [6, 6.07) is 0. The Kier molecular flexibility index (Phi) is 2.37. The number of nitrogens with zero attached hydrogens (tertiary/aromatic N) is 1. The number of nitrogens with one attached hydrogen (secondary N) is 1. The van der Waals surface area contributed by atoms with Crippen LogP contribution in [0.3, 0.4) is 0 Å². The lowest BCUT2D eigenvalue weighted by molar-refractivity contribution is -0.0919. The van der Waals surface area contributed by atoms with E-state index in [2.05, 4.69) is 9.97 Å². The fourth-order valence-corrected chi connectivity index (χ4v) is 1.19. The van der Waals surface area contributed by atoms with E-state index in [9.17, 15) is 4.79 Å². The highest BCUT2D eigenvalue weighted by Crippen LogP contribution is 2.16. The third-order valence-corrected chi connectivity index (χ3v) is 1.84. The van der Waals surface area contributed by atoms with E-state index < -0.39 is 0 Å². The largest absolute Gasteiger partial charge is 0.376 e. The van der Waals surface area contributed by atoms with Crippen LogP contribution < -0.4 is 5.56 Å². The van der Waals surface area contributed by atoms with E-state index in [4.69, 9.17) is 9.47 Å². The second-order valence-corrected chi connectivity index (χ2v) is 2.77. The summed E-state index contributed by atoms with van der Waals surface area (Å²) in [5.41, 5.74) is 0.500. The number of H-pyrrole nitrogens is 1. The van der Waals surface area contributed by atoms with Crippen molar-refractivity contribution in [1.82, 2.24) is 9.97 Å². The Labute approximate surface area is 74.7 Å². The van der Waals surface area contributed by atoms with Crippen LogP contribution in [0.1, 0.15) is 11.8 Å². The Morgan fingerprint density at radius 2 is 2.46 bits per heavy atom. The Hall–Kier alpha value is -1.20. The van der Waals surface area contributed by atoms with E-state index in [0.29, 0.717) is 25.5 Å². The minimum absolute atomic E-state index is 0.148. The summed E-state index contributed by atoms with van der Waals surface area (Å²) in [6.07, 6.45) is 2.65. The van der Waals surface area contributed by atoms with E-state index in [-0.39, 0.29) is 11.7 Å². The molecule has 1 N–H and O–H groups in total. The van der Waals surface area contributed by atoms with Crippen molar-refractivity contribution in [3.05, 3.63) is 28.4 Å². The molecular weight excluding hydrogens is 172 g/mol. The molecule has 1 fully saturated rings. The number of hydrogen-bond donors (Lipinski definition) is 1. The first kappa shape index (κ1) is 8.40. The van der Waals surface area contributed by atoms with Gasteiger partial charge in [0.25, 0.3) is 5.56 Å². The summed E-state index contributed by atoms with van der Waals surface area (Å²) in [5.74, 6) is 0. The second-order valence-electron chi connectivity index (χ2n) is 2.77. The highest BCUT2D eigenvalue weighted by atomic mass is 16.6. The predicted octanol–water partition coefficient (Wildman–Crippen LogP) is -0.142. The quantitative estimate of drug-likeness (QED) is 0.656. The molecule has 0 aliphatic carbocycles. The van der Waals surface area contributed by atoms with Gasteiger partial charge in [0.2, 0.25) is 0 Å². The molecule has 0 amide bonds. The minimum atomic E-state index is -0.208. The van der Waals surface area contributed by atoms with Crippen LogP contribution >= 0.6 is 0 Å². The maximum Gasteiger partial charge on any atom is 0.266 e. The minimum Gasteiger partial charge on any atom is -0.376 e. The number of aromatic amines is 1. The van der Waals surface area contributed by atoms with Crippen molar-refractivity contribution in [2.75, 3.05) is 19.8 Å². The highest BCUT2D eigenvalue weighted by Gasteiger charge is 2.17. The summed E-state index contributed by atoms with van der Waals surface area (Å²) in [4.78, 5) is 17.2. The zero-order chi connectivity index (χ0) is 9.10. The third-order valence-electron chi connectivity index (χ3n) is 1.84. The van der Waals surface area contributed by atoms with Crippen LogP contribution in [0, 0.1) is 0 Å². The van der Waals surface area contributed by atoms with Crippen molar-refractivity contribution in [1.29, 1.82) is 0 Å². The van der Waals surface area contributed by atoms with Crippen LogP contribution in [0.5, 0.6) is 0 Å². The number of aromatic nitrogens is 2. The molecule has 0 spiro atoms. The first-order chi connectivity index (χ1) is 6.36. The molecule has 0 aromatic carbocycles. The molecule has 70 valence electrons. The van der Waals surface area contributed by atoms with Crippen LogP contribution in [-0.2, 0) is 9.47 Å². The lowest BCUT2D eigenvalue weighted by atomic mass is 10.2. The SMILES string of the molecule is O=c1cnc(C2COCCO2)c[nH]1. The lowest BCUT2D eigenvalue weighted by Crippen LogP contribution is -2.23. The molecule has 1 saturated heterocycles. The van der Waals surface area contributed by atoms with Crippen LogP contribution in [0.2, 0.25) is 0 Å². The summed E-state index contributed by atoms with van der Waals surface area (Å²) >= 11 is 0. The molecule has 5 nitrogen and oxygen atoms in total. The van der Waals surface area contributed by atoms with Crippen molar-refractivity contribution in [2.24, 2.45) is 0 Å². The molecule has 0 radical (unpaired) electrons. The first-order valence-corrected chi connectivity index (χ1v) is 4.10. The highest BCUT2D eigenvalue weighted by molar-refractivity contribution is 5.00. The van der Waals surface area contributed by atoms with E-state index >= 15 is 0 Å². The molecule has 1 aliphatic rings. The maximum atomic E-state index is 10.7. The molecule has 2 heterocycles. The lowest BCUT2D eigenvalue weighted by Gasteiger charge is -2.21. The molecule has 1 atom stereocenters. The van der Waals surface area contributed by atoms with Gasteiger partial charge in [-0.25, -0.2) is 0 Å². The topological polar surface area (TPSA) is 64.2 Å². The average Bonchev–Trinajstić information content (AvgIpc) is 2.20. The molecule has 5 heteroatoms. The third kappa shape index (κ3) is 1.93. The van der Waals surface area contributed by atoms with Gasteiger partial charge in [-0.15, -0.1) is 0 Å². The fourth-order valence-electron chi connectivity index (χ4n) is 1.19. The normalized spacial score (nSPS) is 22.9. The van der Waals surface area contributed by atoms with Crippen LogP contribution in [-0.4, -0.2) is 29.8 Å². The van der Waals surface area contributed by atoms with Crippen LogP contribution in [0.25, 0.3) is 0 Å².